The highest BCUT2D eigenvalue weighted by Crippen LogP contribution is 2.57. The number of β-amino-alcohol motifs (C(OH)–C–C–N with tert-alkyl or cyclic N) is 1. The molecule has 1 saturated heterocycles. The molecular weight excluding hydrogens is 506 g/mol. The molecule has 0 radical (unpaired) electrons. The van der Waals surface area contributed by atoms with Crippen LogP contribution in [0.3, 0.4) is 0 Å². The van der Waals surface area contributed by atoms with E-state index in [1.807, 2.05) is 78.9 Å². The predicted molar refractivity (Wildman–Crippen MR) is 160 cm³/mol. The van der Waals surface area contributed by atoms with E-state index in [2.05, 4.69) is 65.6 Å². The Bertz CT molecular complexity index is 1640. The molecule has 7 rings (SSSR count). The molecule has 5 aromatic carbocycles. The van der Waals surface area contributed by atoms with Crippen LogP contribution in [0.5, 0.6) is 0 Å². The van der Waals surface area contributed by atoms with Crippen molar-refractivity contribution in [2.75, 3.05) is 6.54 Å². The third-order valence-electron chi connectivity index (χ3n) is 8.69. The Morgan fingerprint density at radius 3 is 1.76 bits per heavy atom. The second-order valence-corrected chi connectivity index (χ2v) is 11.0. The van der Waals surface area contributed by atoms with Gasteiger partial charge in [-0.3, -0.25) is 9.69 Å². The van der Waals surface area contributed by atoms with Gasteiger partial charge in [-0.2, -0.15) is 0 Å². The van der Waals surface area contributed by atoms with E-state index in [0.717, 1.165) is 38.9 Å². The van der Waals surface area contributed by atoms with E-state index in [0.29, 0.717) is 0 Å². The SMILES string of the molecule is O=C(OCc1ccccc1)[C@@H]1C[C@@](O)(c2ccccc2)CN1C1(c2ccccc2)c2ccccc2-c2ccccc21. The van der Waals surface area contributed by atoms with Crippen molar-refractivity contribution in [1.29, 1.82) is 0 Å². The summed E-state index contributed by atoms with van der Waals surface area (Å²) in [5, 5.41) is 12.3. The molecule has 1 heterocycles. The maximum absolute atomic E-state index is 14.1. The Labute approximate surface area is 240 Å². The largest absolute Gasteiger partial charge is 0.460 e. The molecule has 0 bridgehead atoms. The van der Waals surface area contributed by atoms with Crippen LogP contribution in [-0.4, -0.2) is 28.6 Å². The maximum atomic E-state index is 14.1. The summed E-state index contributed by atoms with van der Waals surface area (Å²) in [5.74, 6) is -0.335. The van der Waals surface area contributed by atoms with Crippen LogP contribution in [0, 0.1) is 0 Å². The van der Waals surface area contributed by atoms with Gasteiger partial charge in [0.2, 0.25) is 0 Å². The van der Waals surface area contributed by atoms with Crippen molar-refractivity contribution < 1.29 is 14.6 Å². The van der Waals surface area contributed by atoms with E-state index >= 15 is 0 Å². The van der Waals surface area contributed by atoms with Crippen LogP contribution in [0.1, 0.15) is 34.2 Å². The summed E-state index contributed by atoms with van der Waals surface area (Å²) in [4.78, 5) is 16.3. The molecule has 0 unspecified atom stereocenters. The topological polar surface area (TPSA) is 49.8 Å². The molecule has 0 saturated carbocycles. The summed E-state index contributed by atoms with van der Waals surface area (Å²) in [6, 6.07) is 46.0. The maximum Gasteiger partial charge on any atom is 0.323 e. The lowest BCUT2D eigenvalue weighted by molar-refractivity contribution is -0.151. The van der Waals surface area contributed by atoms with Crippen LogP contribution < -0.4 is 0 Å². The van der Waals surface area contributed by atoms with Gasteiger partial charge in [0.25, 0.3) is 0 Å². The lowest BCUT2D eigenvalue weighted by Crippen LogP contribution is -2.52. The van der Waals surface area contributed by atoms with Gasteiger partial charge in [0.15, 0.2) is 0 Å². The summed E-state index contributed by atoms with van der Waals surface area (Å²) in [5.41, 5.74) is 5.21. The van der Waals surface area contributed by atoms with Crippen molar-refractivity contribution in [2.24, 2.45) is 0 Å². The third-order valence-corrected chi connectivity index (χ3v) is 8.69. The Hall–Kier alpha value is -4.51. The van der Waals surface area contributed by atoms with Crippen LogP contribution in [0.4, 0.5) is 0 Å². The normalized spacial score (nSPS) is 20.8. The molecule has 2 aliphatic rings. The minimum absolute atomic E-state index is 0.180. The van der Waals surface area contributed by atoms with Crippen molar-refractivity contribution in [3.63, 3.8) is 0 Å². The second-order valence-electron chi connectivity index (χ2n) is 11.0. The van der Waals surface area contributed by atoms with E-state index in [1.54, 1.807) is 0 Å². The van der Waals surface area contributed by atoms with Crippen molar-refractivity contribution in [1.82, 2.24) is 4.90 Å². The lowest BCUT2D eigenvalue weighted by atomic mass is 9.78. The second kappa shape index (κ2) is 10.2. The monoisotopic (exact) mass is 537 g/mol. The first kappa shape index (κ1) is 25.5. The molecule has 4 nitrogen and oxygen atoms in total. The van der Waals surface area contributed by atoms with Crippen molar-refractivity contribution >= 4 is 5.97 Å². The molecule has 1 N–H and O–H groups in total. The quantitative estimate of drug-likeness (QED) is 0.246. The van der Waals surface area contributed by atoms with Crippen LogP contribution >= 0.6 is 0 Å². The highest BCUT2D eigenvalue weighted by molar-refractivity contribution is 5.85. The zero-order valence-electron chi connectivity index (χ0n) is 22.7. The standard InChI is InChI=1S/C37H31NO3/c39-35(41-25-27-14-4-1-5-15-27)34-24-36(40,28-16-6-2-7-17-28)26-38(34)37(29-18-8-3-9-19-29)32-22-12-10-20-30(32)31-21-11-13-23-33(31)37/h1-23,34,40H,24-26H2/t34-,36-/m0/s1. The average molecular weight is 538 g/mol. The van der Waals surface area contributed by atoms with Crippen LogP contribution in [0.2, 0.25) is 0 Å². The number of esters is 1. The number of ether oxygens (including phenoxy) is 1. The van der Waals surface area contributed by atoms with Gasteiger partial charge in [0.1, 0.15) is 18.2 Å². The summed E-state index contributed by atoms with van der Waals surface area (Å²) < 4.78 is 6.00. The van der Waals surface area contributed by atoms with E-state index in [4.69, 9.17) is 4.74 Å². The number of nitrogens with zero attached hydrogens (tertiary/aromatic N) is 1. The Morgan fingerprint density at radius 2 is 1.17 bits per heavy atom. The fourth-order valence-electron chi connectivity index (χ4n) is 6.91. The van der Waals surface area contributed by atoms with Gasteiger partial charge >= 0.3 is 5.97 Å². The number of hydrogen-bond acceptors (Lipinski definition) is 4. The Balaban J connectivity index is 1.42. The minimum atomic E-state index is -1.24. The molecule has 0 spiro atoms. The van der Waals surface area contributed by atoms with E-state index < -0.39 is 17.2 Å². The van der Waals surface area contributed by atoms with Crippen LogP contribution in [0.15, 0.2) is 140 Å². The molecule has 1 fully saturated rings. The van der Waals surface area contributed by atoms with Gasteiger partial charge in [0, 0.05) is 13.0 Å². The summed E-state index contributed by atoms with van der Waals surface area (Å²) in [6.07, 6.45) is 0.226. The molecule has 1 aliphatic heterocycles. The summed E-state index contributed by atoms with van der Waals surface area (Å²) in [7, 11) is 0. The number of carbonyl (C=O) groups is 1. The molecule has 0 aromatic heterocycles. The van der Waals surface area contributed by atoms with Crippen LogP contribution in [0.25, 0.3) is 11.1 Å². The number of hydrogen-bond donors (Lipinski definition) is 1. The third kappa shape index (κ3) is 4.10. The number of aliphatic hydroxyl groups is 1. The molecule has 202 valence electrons. The van der Waals surface area contributed by atoms with Crippen LogP contribution in [-0.2, 0) is 27.3 Å². The van der Waals surface area contributed by atoms with E-state index in [9.17, 15) is 9.90 Å². The summed E-state index contributed by atoms with van der Waals surface area (Å²) >= 11 is 0. The highest BCUT2D eigenvalue weighted by Gasteiger charge is 2.59. The molecule has 41 heavy (non-hydrogen) atoms. The number of likely N-dealkylation sites (tertiary alicyclic amines) is 1. The van der Waals surface area contributed by atoms with Gasteiger partial charge in [-0.1, -0.05) is 140 Å². The minimum Gasteiger partial charge on any atom is -0.460 e. The lowest BCUT2D eigenvalue weighted by Gasteiger charge is -2.44. The number of fused-ring (bicyclic) bond motifs is 3. The van der Waals surface area contributed by atoms with Gasteiger partial charge in [-0.15, -0.1) is 0 Å². The van der Waals surface area contributed by atoms with E-state index in [-0.39, 0.29) is 25.5 Å². The molecule has 5 aromatic rings. The number of carbonyl (C=O) groups excluding carboxylic acids is 1. The average Bonchev–Trinajstić information content (AvgIpc) is 3.55. The Kier molecular flexibility index (Phi) is 6.30. The molecular formula is C37H31NO3. The van der Waals surface area contributed by atoms with Gasteiger partial charge in [0.05, 0.1) is 5.54 Å². The van der Waals surface area contributed by atoms with Gasteiger partial charge < -0.3 is 9.84 Å². The Morgan fingerprint density at radius 1 is 0.683 bits per heavy atom. The summed E-state index contributed by atoms with van der Waals surface area (Å²) in [6.45, 7) is 0.443. The predicted octanol–water partition coefficient (Wildman–Crippen LogP) is 6.66. The van der Waals surface area contributed by atoms with Gasteiger partial charge in [-0.05, 0) is 38.9 Å². The zero-order chi connectivity index (χ0) is 27.9. The molecule has 4 heteroatoms. The first-order chi connectivity index (χ1) is 20.1. The fraction of sp³-hybridized carbons (Fsp3) is 0.162. The molecule has 1 aliphatic carbocycles. The smallest absolute Gasteiger partial charge is 0.323 e. The zero-order valence-corrected chi connectivity index (χ0v) is 22.7. The first-order valence-corrected chi connectivity index (χ1v) is 14.1. The van der Waals surface area contributed by atoms with Crippen molar-refractivity contribution in [3.05, 3.63) is 167 Å². The van der Waals surface area contributed by atoms with E-state index in [1.165, 1.54) is 0 Å². The van der Waals surface area contributed by atoms with Crippen molar-refractivity contribution in [2.45, 2.75) is 30.2 Å². The molecule has 2 atom stereocenters. The highest BCUT2D eigenvalue weighted by atomic mass is 16.5. The number of benzene rings is 5. The first-order valence-electron chi connectivity index (χ1n) is 14.1. The number of rotatable bonds is 6. The fourth-order valence-corrected chi connectivity index (χ4v) is 6.91. The molecule has 0 amide bonds. The van der Waals surface area contributed by atoms with Gasteiger partial charge in [-0.25, -0.2) is 0 Å². The van der Waals surface area contributed by atoms with Crippen molar-refractivity contribution in [3.8, 4) is 11.1 Å².